The molecule has 0 radical (unpaired) electrons. The molecule has 0 bridgehead atoms. The fourth-order valence-electron chi connectivity index (χ4n) is 1.79. The van der Waals surface area contributed by atoms with Gasteiger partial charge < -0.3 is 9.47 Å². The molecule has 0 aliphatic heterocycles. The molecule has 1 fully saturated rings. The van der Waals surface area contributed by atoms with Gasteiger partial charge in [-0.3, -0.25) is 4.79 Å². The van der Waals surface area contributed by atoms with Crippen LogP contribution in [0, 0.1) is 5.92 Å². The Morgan fingerprint density at radius 3 is 2.81 bits per heavy atom. The Bertz CT molecular complexity index is 388. The number of rotatable bonds is 5. The molecule has 0 N–H and O–H groups in total. The molecule has 86 valence electrons. The maximum Gasteiger partial charge on any atom is 0.213 e. The van der Waals surface area contributed by atoms with Gasteiger partial charge in [-0.25, -0.2) is 4.98 Å². The molecule has 1 saturated carbocycles. The number of carbonyl (C=O) groups is 1. The SMILES string of the molecule is COc1cccnc1C(=O)C(OC)C1CC1. The molecule has 1 aliphatic carbocycles. The minimum atomic E-state index is -0.371. The van der Waals surface area contributed by atoms with Gasteiger partial charge in [0.05, 0.1) is 7.11 Å². The fourth-order valence-corrected chi connectivity index (χ4v) is 1.79. The third-order valence-electron chi connectivity index (χ3n) is 2.79. The van der Waals surface area contributed by atoms with E-state index in [1.807, 2.05) is 0 Å². The number of hydrogen-bond acceptors (Lipinski definition) is 4. The van der Waals surface area contributed by atoms with Crippen molar-refractivity contribution in [3.05, 3.63) is 24.0 Å². The minimum Gasteiger partial charge on any atom is -0.494 e. The summed E-state index contributed by atoms with van der Waals surface area (Å²) in [6.45, 7) is 0. The molecule has 4 nitrogen and oxygen atoms in total. The standard InChI is InChI=1S/C12H15NO3/c1-15-9-4-3-7-13-10(9)11(14)12(16-2)8-5-6-8/h3-4,7-8,12H,5-6H2,1-2H3. The summed E-state index contributed by atoms with van der Waals surface area (Å²) in [5, 5.41) is 0. The Hall–Kier alpha value is -1.42. The third kappa shape index (κ3) is 2.07. The van der Waals surface area contributed by atoms with Gasteiger partial charge in [0.1, 0.15) is 11.9 Å². The van der Waals surface area contributed by atoms with E-state index in [9.17, 15) is 4.79 Å². The number of Topliss-reactive ketones (excluding diaryl/α,β-unsaturated/α-hetero) is 1. The molecule has 1 aromatic heterocycles. The Morgan fingerprint density at radius 1 is 1.50 bits per heavy atom. The first-order valence-electron chi connectivity index (χ1n) is 5.34. The first kappa shape index (κ1) is 11.1. The first-order valence-corrected chi connectivity index (χ1v) is 5.34. The predicted molar refractivity (Wildman–Crippen MR) is 58.6 cm³/mol. The van der Waals surface area contributed by atoms with Crippen molar-refractivity contribution in [1.82, 2.24) is 4.98 Å². The highest BCUT2D eigenvalue weighted by atomic mass is 16.5. The van der Waals surface area contributed by atoms with E-state index in [-0.39, 0.29) is 11.9 Å². The molecular formula is C12H15NO3. The summed E-state index contributed by atoms with van der Waals surface area (Å²) in [5.41, 5.74) is 0.365. The first-order chi connectivity index (χ1) is 7.77. The molecule has 0 spiro atoms. The summed E-state index contributed by atoms with van der Waals surface area (Å²) in [4.78, 5) is 16.2. The maximum absolute atomic E-state index is 12.2. The van der Waals surface area contributed by atoms with Gasteiger partial charge in [0, 0.05) is 13.3 Å². The molecule has 0 saturated heterocycles. The lowest BCUT2D eigenvalue weighted by Gasteiger charge is -2.14. The van der Waals surface area contributed by atoms with Crippen LogP contribution in [0.15, 0.2) is 18.3 Å². The largest absolute Gasteiger partial charge is 0.494 e. The van der Waals surface area contributed by atoms with E-state index in [1.165, 1.54) is 7.11 Å². The highest BCUT2D eigenvalue weighted by Crippen LogP contribution is 2.36. The van der Waals surface area contributed by atoms with Gasteiger partial charge in [-0.1, -0.05) is 0 Å². The van der Waals surface area contributed by atoms with Crippen LogP contribution in [0.3, 0.4) is 0 Å². The van der Waals surface area contributed by atoms with Crippen LogP contribution < -0.4 is 4.74 Å². The highest BCUT2D eigenvalue weighted by Gasteiger charge is 2.38. The minimum absolute atomic E-state index is 0.0811. The van der Waals surface area contributed by atoms with Crippen LogP contribution in [0.4, 0.5) is 0 Å². The number of pyridine rings is 1. The smallest absolute Gasteiger partial charge is 0.213 e. The number of nitrogens with zero attached hydrogens (tertiary/aromatic N) is 1. The molecule has 1 aromatic rings. The number of methoxy groups -OCH3 is 2. The Kier molecular flexibility index (Phi) is 3.19. The molecular weight excluding hydrogens is 206 g/mol. The van der Waals surface area contributed by atoms with Crippen LogP contribution in [0.2, 0.25) is 0 Å². The highest BCUT2D eigenvalue weighted by molar-refractivity contribution is 6.00. The normalized spacial score (nSPS) is 16.9. The summed E-state index contributed by atoms with van der Waals surface area (Å²) in [6.07, 6.45) is 3.33. The zero-order valence-electron chi connectivity index (χ0n) is 9.47. The molecule has 2 rings (SSSR count). The van der Waals surface area contributed by atoms with E-state index in [2.05, 4.69) is 4.98 Å². The number of hydrogen-bond donors (Lipinski definition) is 0. The van der Waals surface area contributed by atoms with Crippen molar-refractivity contribution >= 4 is 5.78 Å². The molecule has 1 heterocycles. The maximum atomic E-state index is 12.2. The van der Waals surface area contributed by atoms with Gasteiger partial charge in [-0.15, -0.1) is 0 Å². The molecule has 0 aromatic carbocycles. The molecule has 1 aliphatic rings. The summed E-state index contributed by atoms with van der Waals surface area (Å²) >= 11 is 0. The summed E-state index contributed by atoms with van der Waals surface area (Å²) < 4.78 is 10.4. The fraction of sp³-hybridized carbons (Fsp3) is 0.500. The predicted octanol–water partition coefficient (Wildman–Crippen LogP) is 1.70. The van der Waals surface area contributed by atoms with Crippen molar-refractivity contribution in [2.45, 2.75) is 18.9 Å². The van der Waals surface area contributed by atoms with Crippen molar-refractivity contribution in [1.29, 1.82) is 0 Å². The van der Waals surface area contributed by atoms with Crippen molar-refractivity contribution in [3.63, 3.8) is 0 Å². The van der Waals surface area contributed by atoms with Gasteiger partial charge in [0.15, 0.2) is 5.69 Å². The Labute approximate surface area is 94.6 Å². The molecule has 16 heavy (non-hydrogen) atoms. The Balaban J connectivity index is 2.24. The number of carbonyl (C=O) groups excluding carboxylic acids is 1. The van der Waals surface area contributed by atoms with E-state index in [0.29, 0.717) is 17.4 Å². The average Bonchev–Trinajstić information content (AvgIpc) is 3.14. The molecule has 0 amide bonds. The van der Waals surface area contributed by atoms with E-state index in [4.69, 9.17) is 9.47 Å². The van der Waals surface area contributed by atoms with Crippen LogP contribution in [-0.4, -0.2) is 31.1 Å². The quantitative estimate of drug-likeness (QED) is 0.710. The van der Waals surface area contributed by atoms with E-state index < -0.39 is 0 Å². The van der Waals surface area contributed by atoms with E-state index in [1.54, 1.807) is 25.4 Å². The monoisotopic (exact) mass is 221 g/mol. The van der Waals surface area contributed by atoms with Crippen molar-refractivity contribution < 1.29 is 14.3 Å². The molecule has 4 heteroatoms. The molecule has 1 unspecified atom stereocenters. The topological polar surface area (TPSA) is 48.4 Å². The second-order valence-electron chi connectivity index (χ2n) is 3.91. The van der Waals surface area contributed by atoms with E-state index in [0.717, 1.165) is 12.8 Å². The third-order valence-corrected chi connectivity index (χ3v) is 2.79. The lowest BCUT2D eigenvalue weighted by Crippen LogP contribution is -2.26. The summed E-state index contributed by atoms with van der Waals surface area (Å²) in [7, 11) is 3.10. The lowest BCUT2D eigenvalue weighted by molar-refractivity contribution is 0.0531. The zero-order chi connectivity index (χ0) is 11.5. The van der Waals surface area contributed by atoms with Gasteiger partial charge in [0.2, 0.25) is 5.78 Å². The second-order valence-corrected chi connectivity index (χ2v) is 3.91. The van der Waals surface area contributed by atoms with Gasteiger partial charge in [0.25, 0.3) is 0 Å². The Morgan fingerprint density at radius 2 is 2.25 bits per heavy atom. The van der Waals surface area contributed by atoms with Crippen LogP contribution in [0.1, 0.15) is 23.3 Å². The van der Waals surface area contributed by atoms with Gasteiger partial charge in [-0.05, 0) is 30.9 Å². The molecule has 1 atom stereocenters. The summed E-state index contributed by atoms with van der Waals surface area (Å²) in [6, 6.07) is 3.48. The zero-order valence-corrected chi connectivity index (χ0v) is 9.47. The second kappa shape index (κ2) is 4.61. The van der Waals surface area contributed by atoms with Crippen LogP contribution >= 0.6 is 0 Å². The van der Waals surface area contributed by atoms with Gasteiger partial charge in [-0.2, -0.15) is 0 Å². The van der Waals surface area contributed by atoms with Crippen molar-refractivity contribution in [2.75, 3.05) is 14.2 Å². The number of aromatic nitrogens is 1. The van der Waals surface area contributed by atoms with Crippen molar-refractivity contribution in [2.24, 2.45) is 5.92 Å². The van der Waals surface area contributed by atoms with E-state index >= 15 is 0 Å². The lowest BCUT2D eigenvalue weighted by atomic mass is 10.1. The van der Waals surface area contributed by atoms with Crippen LogP contribution in [-0.2, 0) is 4.74 Å². The average molecular weight is 221 g/mol. The number of ether oxygens (including phenoxy) is 2. The summed E-state index contributed by atoms with van der Waals surface area (Å²) in [5.74, 6) is 0.780. The van der Waals surface area contributed by atoms with Gasteiger partial charge >= 0.3 is 0 Å². The van der Waals surface area contributed by atoms with Crippen molar-refractivity contribution in [3.8, 4) is 5.75 Å². The van der Waals surface area contributed by atoms with Crippen LogP contribution in [0.5, 0.6) is 5.75 Å². The van der Waals surface area contributed by atoms with Crippen LogP contribution in [0.25, 0.3) is 0 Å². The number of ketones is 1.